The first-order chi connectivity index (χ1) is 4.61. The SMILES string of the molecule is CC(C)[C@@H]1NC(=O)C[C@@H]1C. The normalized spacial score (nSPS) is 33.0. The van der Waals surface area contributed by atoms with Crippen LogP contribution in [0, 0.1) is 11.8 Å². The summed E-state index contributed by atoms with van der Waals surface area (Å²) in [5.41, 5.74) is 0. The summed E-state index contributed by atoms with van der Waals surface area (Å²) in [6.07, 6.45) is 0.711. The van der Waals surface area contributed by atoms with Crippen molar-refractivity contribution in [3.63, 3.8) is 0 Å². The lowest BCUT2D eigenvalue weighted by molar-refractivity contribution is -0.119. The Labute approximate surface area is 62.0 Å². The summed E-state index contributed by atoms with van der Waals surface area (Å²) in [5, 5.41) is 2.96. The maximum Gasteiger partial charge on any atom is 0.220 e. The molecule has 1 aliphatic rings. The Bertz CT molecular complexity index is 142. The number of hydrogen-bond donors (Lipinski definition) is 1. The highest BCUT2D eigenvalue weighted by Crippen LogP contribution is 2.21. The van der Waals surface area contributed by atoms with Gasteiger partial charge in [0.2, 0.25) is 5.91 Å². The smallest absolute Gasteiger partial charge is 0.220 e. The molecule has 0 bridgehead atoms. The molecule has 1 amide bonds. The van der Waals surface area contributed by atoms with Crippen molar-refractivity contribution in [2.75, 3.05) is 0 Å². The largest absolute Gasteiger partial charge is 0.353 e. The summed E-state index contributed by atoms with van der Waals surface area (Å²) in [7, 11) is 0. The van der Waals surface area contributed by atoms with Crippen LogP contribution < -0.4 is 5.32 Å². The Morgan fingerprint density at radius 3 is 2.40 bits per heavy atom. The van der Waals surface area contributed by atoms with Gasteiger partial charge in [0.1, 0.15) is 0 Å². The standard InChI is InChI=1S/C8H15NO/c1-5(2)8-6(3)4-7(10)9-8/h5-6,8H,4H2,1-3H3,(H,9,10)/t6-,8-/m0/s1. The first-order valence-electron chi connectivity index (χ1n) is 3.90. The maximum absolute atomic E-state index is 10.9. The minimum Gasteiger partial charge on any atom is -0.353 e. The third kappa shape index (κ3) is 1.31. The zero-order valence-corrected chi connectivity index (χ0v) is 6.85. The first kappa shape index (κ1) is 7.58. The molecule has 1 rings (SSSR count). The van der Waals surface area contributed by atoms with Gasteiger partial charge in [-0.25, -0.2) is 0 Å². The van der Waals surface area contributed by atoms with E-state index in [9.17, 15) is 4.79 Å². The average molecular weight is 141 g/mol. The Balaban J connectivity index is 2.54. The third-order valence-corrected chi connectivity index (χ3v) is 2.17. The molecule has 1 fully saturated rings. The van der Waals surface area contributed by atoms with Crippen molar-refractivity contribution in [3.05, 3.63) is 0 Å². The van der Waals surface area contributed by atoms with Crippen LogP contribution in [0.1, 0.15) is 27.2 Å². The molecule has 58 valence electrons. The second-order valence-corrected chi connectivity index (χ2v) is 3.52. The zero-order valence-electron chi connectivity index (χ0n) is 6.85. The first-order valence-corrected chi connectivity index (χ1v) is 3.90. The molecule has 1 heterocycles. The van der Waals surface area contributed by atoms with Crippen molar-refractivity contribution in [2.24, 2.45) is 11.8 Å². The fourth-order valence-electron chi connectivity index (χ4n) is 1.63. The number of amides is 1. The lowest BCUT2D eigenvalue weighted by Gasteiger charge is -2.18. The molecule has 0 aromatic heterocycles. The molecule has 2 heteroatoms. The molecule has 0 aromatic rings. The van der Waals surface area contributed by atoms with Crippen molar-refractivity contribution in [1.82, 2.24) is 5.32 Å². The highest BCUT2D eigenvalue weighted by Gasteiger charge is 2.30. The van der Waals surface area contributed by atoms with Gasteiger partial charge >= 0.3 is 0 Å². The van der Waals surface area contributed by atoms with E-state index < -0.39 is 0 Å². The monoisotopic (exact) mass is 141 g/mol. The van der Waals surface area contributed by atoms with Crippen molar-refractivity contribution < 1.29 is 4.79 Å². The van der Waals surface area contributed by atoms with Gasteiger partial charge in [-0.1, -0.05) is 20.8 Å². The molecule has 0 spiro atoms. The number of nitrogens with one attached hydrogen (secondary N) is 1. The average Bonchev–Trinajstić information content (AvgIpc) is 2.10. The van der Waals surface area contributed by atoms with Crippen LogP contribution in [-0.4, -0.2) is 11.9 Å². The molecule has 1 aliphatic heterocycles. The molecular formula is C8H15NO. The summed E-state index contributed by atoms with van der Waals surface area (Å²) in [6, 6.07) is 0.410. The fraction of sp³-hybridized carbons (Fsp3) is 0.875. The molecular weight excluding hydrogens is 126 g/mol. The minimum absolute atomic E-state index is 0.214. The van der Waals surface area contributed by atoms with E-state index in [2.05, 4.69) is 26.1 Å². The van der Waals surface area contributed by atoms with Gasteiger partial charge in [0.25, 0.3) is 0 Å². The van der Waals surface area contributed by atoms with Crippen LogP contribution in [0.5, 0.6) is 0 Å². The highest BCUT2D eigenvalue weighted by atomic mass is 16.2. The number of carbonyl (C=O) groups excluding carboxylic acids is 1. The van der Waals surface area contributed by atoms with E-state index in [1.54, 1.807) is 0 Å². The second-order valence-electron chi connectivity index (χ2n) is 3.52. The van der Waals surface area contributed by atoms with Gasteiger partial charge in [0.15, 0.2) is 0 Å². The van der Waals surface area contributed by atoms with E-state index in [0.717, 1.165) is 0 Å². The summed E-state index contributed by atoms with van der Waals surface area (Å²) in [4.78, 5) is 10.9. The van der Waals surface area contributed by atoms with Crippen molar-refractivity contribution >= 4 is 5.91 Å². The molecule has 0 saturated carbocycles. The lowest BCUT2D eigenvalue weighted by Crippen LogP contribution is -2.32. The lowest BCUT2D eigenvalue weighted by atomic mass is 9.94. The van der Waals surface area contributed by atoms with Gasteiger partial charge in [-0.2, -0.15) is 0 Å². The quantitative estimate of drug-likeness (QED) is 0.583. The van der Waals surface area contributed by atoms with Crippen LogP contribution in [0.4, 0.5) is 0 Å². The summed E-state index contributed by atoms with van der Waals surface area (Å²) in [6.45, 7) is 6.42. The van der Waals surface area contributed by atoms with Crippen LogP contribution in [0.2, 0.25) is 0 Å². The Hall–Kier alpha value is -0.530. The van der Waals surface area contributed by atoms with Crippen molar-refractivity contribution in [3.8, 4) is 0 Å². The zero-order chi connectivity index (χ0) is 7.72. The van der Waals surface area contributed by atoms with Crippen LogP contribution in [-0.2, 0) is 4.79 Å². The minimum atomic E-state index is 0.214. The molecule has 2 atom stereocenters. The van der Waals surface area contributed by atoms with Gasteiger partial charge in [0, 0.05) is 12.5 Å². The summed E-state index contributed by atoms with van der Waals surface area (Å²) >= 11 is 0. The third-order valence-electron chi connectivity index (χ3n) is 2.17. The highest BCUT2D eigenvalue weighted by molar-refractivity contribution is 5.78. The van der Waals surface area contributed by atoms with E-state index in [0.29, 0.717) is 24.3 Å². The van der Waals surface area contributed by atoms with Crippen LogP contribution in [0.15, 0.2) is 0 Å². The maximum atomic E-state index is 10.9. The fourth-order valence-corrected chi connectivity index (χ4v) is 1.63. The van der Waals surface area contributed by atoms with Gasteiger partial charge < -0.3 is 5.32 Å². The number of hydrogen-bond acceptors (Lipinski definition) is 1. The Morgan fingerprint density at radius 2 is 2.20 bits per heavy atom. The summed E-state index contributed by atoms with van der Waals surface area (Å²) in [5.74, 6) is 1.31. The Kier molecular flexibility index (Phi) is 1.97. The molecule has 2 nitrogen and oxygen atoms in total. The Morgan fingerprint density at radius 1 is 1.60 bits per heavy atom. The molecule has 1 saturated heterocycles. The summed E-state index contributed by atoms with van der Waals surface area (Å²) < 4.78 is 0. The second kappa shape index (κ2) is 2.60. The van der Waals surface area contributed by atoms with Gasteiger partial charge in [-0.05, 0) is 11.8 Å². The molecule has 0 aliphatic carbocycles. The molecule has 10 heavy (non-hydrogen) atoms. The van der Waals surface area contributed by atoms with Gasteiger partial charge in [-0.3, -0.25) is 4.79 Å². The van der Waals surface area contributed by atoms with Crippen molar-refractivity contribution in [1.29, 1.82) is 0 Å². The van der Waals surface area contributed by atoms with Gasteiger partial charge in [-0.15, -0.1) is 0 Å². The topological polar surface area (TPSA) is 29.1 Å². The molecule has 0 aromatic carbocycles. The van der Waals surface area contributed by atoms with Crippen LogP contribution >= 0.6 is 0 Å². The molecule has 0 radical (unpaired) electrons. The van der Waals surface area contributed by atoms with Gasteiger partial charge in [0.05, 0.1) is 0 Å². The van der Waals surface area contributed by atoms with E-state index in [4.69, 9.17) is 0 Å². The predicted octanol–water partition coefficient (Wildman–Crippen LogP) is 1.17. The van der Waals surface area contributed by atoms with E-state index in [1.807, 2.05) is 0 Å². The van der Waals surface area contributed by atoms with E-state index in [-0.39, 0.29) is 5.91 Å². The van der Waals surface area contributed by atoms with Crippen LogP contribution in [0.25, 0.3) is 0 Å². The van der Waals surface area contributed by atoms with Crippen LogP contribution in [0.3, 0.4) is 0 Å². The molecule has 1 N–H and O–H groups in total. The van der Waals surface area contributed by atoms with E-state index >= 15 is 0 Å². The predicted molar refractivity (Wildman–Crippen MR) is 40.5 cm³/mol. The van der Waals surface area contributed by atoms with E-state index in [1.165, 1.54) is 0 Å². The number of rotatable bonds is 1. The molecule has 0 unspecified atom stereocenters. The number of carbonyl (C=O) groups is 1. The van der Waals surface area contributed by atoms with Crippen molar-refractivity contribution in [2.45, 2.75) is 33.2 Å².